The minimum atomic E-state index is -0.272. The predicted molar refractivity (Wildman–Crippen MR) is 46.3 cm³/mol. The summed E-state index contributed by atoms with van der Waals surface area (Å²) in [5.41, 5.74) is -0.272. The SMILES string of the molecule is C/C=C/n1nnn(/C=C/C)c1=O. The molecule has 0 aliphatic rings. The fourth-order valence-electron chi connectivity index (χ4n) is 0.737. The lowest BCUT2D eigenvalue weighted by Crippen LogP contribution is -2.18. The molecule has 0 fully saturated rings. The van der Waals surface area contributed by atoms with Crippen LogP contribution in [-0.4, -0.2) is 19.8 Å². The Bertz CT molecular complexity index is 325. The Morgan fingerprint density at radius 1 is 1.08 bits per heavy atom. The minimum Gasteiger partial charge on any atom is -0.243 e. The van der Waals surface area contributed by atoms with Crippen molar-refractivity contribution in [2.45, 2.75) is 13.8 Å². The normalized spacial score (nSPS) is 11.8. The van der Waals surface area contributed by atoms with Gasteiger partial charge in [-0.3, -0.25) is 0 Å². The van der Waals surface area contributed by atoms with E-state index in [9.17, 15) is 4.79 Å². The number of hydrogen-bond donors (Lipinski definition) is 0. The molecule has 0 bridgehead atoms. The number of aromatic nitrogens is 4. The maximum absolute atomic E-state index is 11.2. The molecule has 12 heavy (non-hydrogen) atoms. The molecule has 0 radical (unpaired) electrons. The third-order valence-electron chi connectivity index (χ3n) is 1.21. The molecule has 0 aromatic carbocycles. The summed E-state index contributed by atoms with van der Waals surface area (Å²) in [5.74, 6) is 0. The number of hydrogen-bond acceptors (Lipinski definition) is 3. The van der Waals surface area contributed by atoms with E-state index in [1.165, 1.54) is 9.36 Å². The van der Waals surface area contributed by atoms with Gasteiger partial charge in [0.25, 0.3) is 0 Å². The predicted octanol–water partition coefficient (Wildman–Crippen LogP) is 0.421. The van der Waals surface area contributed by atoms with Crippen LogP contribution in [0.1, 0.15) is 13.8 Å². The minimum absolute atomic E-state index is 0.272. The molecule has 64 valence electrons. The first-order valence-corrected chi connectivity index (χ1v) is 3.59. The molecule has 0 saturated heterocycles. The summed E-state index contributed by atoms with van der Waals surface area (Å²) >= 11 is 0. The van der Waals surface area contributed by atoms with Gasteiger partial charge < -0.3 is 0 Å². The molecular weight excluding hydrogens is 156 g/mol. The van der Waals surface area contributed by atoms with Crippen molar-refractivity contribution in [3.05, 3.63) is 22.6 Å². The second kappa shape index (κ2) is 3.66. The molecule has 5 nitrogen and oxygen atoms in total. The van der Waals surface area contributed by atoms with Crippen molar-refractivity contribution < 1.29 is 0 Å². The van der Waals surface area contributed by atoms with Crippen LogP contribution < -0.4 is 5.69 Å². The van der Waals surface area contributed by atoms with Crippen LogP contribution in [0.3, 0.4) is 0 Å². The van der Waals surface area contributed by atoms with Gasteiger partial charge in [-0.2, -0.15) is 9.36 Å². The van der Waals surface area contributed by atoms with Crippen LogP contribution in [0, 0.1) is 0 Å². The van der Waals surface area contributed by atoms with Crippen molar-refractivity contribution in [3.63, 3.8) is 0 Å². The Labute approximate surface area is 69.6 Å². The molecule has 1 aromatic rings. The van der Waals surface area contributed by atoms with Gasteiger partial charge in [0.2, 0.25) is 0 Å². The highest BCUT2D eigenvalue weighted by molar-refractivity contribution is 5.20. The molecule has 0 N–H and O–H groups in total. The quantitative estimate of drug-likeness (QED) is 0.639. The van der Waals surface area contributed by atoms with Crippen LogP contribution in [0.4, 0.5) is 0 Å². The average molecular weight is 166 g/mol. The lowest BCUT2D eigenvalue weighted by molar-refractivity contribution is 0.787. The maximum atomic E-state index is 11.2. The fourth-order valence-corrected chi connectivity index (χ4v) is 0.737. The van der Waals surface area contributed by atoms with Crippen LogP contribution >= 0.6 is 0 Å². The van der Waals surface area contributed by atoms with Gasteiger partial charge in [-0.1, -0.05) is 12.2 Å². The zero-order chi connectivity index (χ0) is 8.97. The van der Waals surface area contributed by atoms with E-state index < -0.39 is 0 Å². The van der Waals surface area contributed by atoms with E-state index in [2.05, 4.69) is 10.4 Å². The summed E-state index contributed by atoms with van der Waals surface area (Å²) in [7, 11) is 0. The first-order chi connectivity index (χ1) is 5.79. The fraction of sp³-hybridized carbons (Fsp3) is 0.286. The van der Waals surface area contributed by atoms with Gasteiger partial charge in [0.15, 0.2) is 0 Å². The van der Waals surface area contributed by atoms with Crippen molar-refractivity contribution in [2.24, 2.45) is 0 Å². The third kappa shape index (κ3) is 1.50. The molecule has 0 aliphatic carbocycles. The molecule has 0 saturated carbocycles. The average Bonchev–Trinajstić information content (AvgIpc) is 2.38. The highest BCUT2D eigenvalue weighted by atomic mass is 16.2. The zero-order valence-corrected chi connectivity index (χ0v) is 7.01. The lowest BCUT2D eigenvalue weighted by atomic mass is 10.7. The van der Waals surface area contributed by atoms with E-state index in [4.69, 9.17) is 0 Å². The molecular formula is C7H10N4O. The smallest absolute Gasteiger partial charge is 0.243 e. The van der Waals surface area contributed by atoms with E-state index in [0.29, 0.717) is 0 Å². The summed E-state index contributed by atoms with van der Waals surface area (Å²) in [6.07, 6.45) is 6.54. The maximum Gasteiger partial charge on any atom is 0.372 e. The Hall–Kier alpha value is -1.65. The first kappa shape index (κ1) is 8.45. The highest BCUT2D eigenvalue weighted by Crippen LogP contribution is 1.78. The molecule has 0 atom stereocenters. The van der Waals surface area contributed by atoms with Gasteiger partial charge in [0, 0.05) is 12.4 Å². The van der Waals surface area contributed by atoms with E-state index in [1.54, 1.807) is 38.4 Å². The standard InChI is InChI=1S/C7H10N4O/c1-3-5-10-7(12)11(6-4-2)9-8-10/h3-6H,1-2H3/b5-3+,6-4+. The van der Waals surface area contributed by atoms with Gasteiger partial charge in [0.05, 0.1) is 0 Å². The topological polar surface area (TPSA) is 52.7 Å². The molecule has 1 aromatic heterocycles. The van der Waals surface area contributed by atoms with E-state index >= 15 is 0 Å². The number of rotatable bonds is 2. The van der Waals surface area contributed by atoms with Crippen LogP contribution in [0.5, 0.6) is 0 Å². The molecule has 0 amide bonds. The Morgan fingerprint density at radius 2 is 1.50 bits per heavy atom. The Kier molecular flexibility index (Phi) is 2.57. The summed E-state index contributed by atoms with van der Waals surface area (Å²) in [6.45, 7) is 3.61. The van der Waals surface area contributed by atoms with Crippen molar-refractivity contribution in [2.75, 3.05) is 0 Å². The van der Waals surface area contributed by atoms with Crippen LogP contribution in [0.15, 0.2) is 16.9 Å². The van der Waals surface area contributed by atoms with Gasteiger partial charge in [0.1, 0.15) is 0 Å². The van der Waals surface area contributed by atoms with Crippen LogP contribution in [-0.2, 0) is 0 Å². The molecule has 1 rings (SSSR count). The van der Waals surface area contributed by atoms with E-state index in [0.717, 1.165) is 0 Å². The van der Waals surface area contributed by atoms with Gasteiger partial charge in [-0.05, 0) is 24.3 Å². The second-order valence-corrected chi connectivity index (χ2v) is 2.12. The summed E-state index contributed by atoms with van der Waals surface area (Å²) in [6, 6.07) is 0. The van der Waals surface area contributed by atoms with Crippen molar-refractivity contribution in [3.8, 4) is 0 Å². The van der Waals surface area contributed by atoms with Gasteiger partial charge >= 0.3 is 5.69 Å². The number of nitrogens with zero attached hydrogens (tertiary/aromatic N) is 4. The summed E-state index contributed by atoms with van der Waals surface area (Å²) in [5, 5.41) is 7.21. The lowest BCUT2D eigenvalue weighted by Gasteiger charge is -1.83. The zero-order valence-electron chi connectivity index (χ0n) is 7.01. The summed E-state index contributed by atoms with van der Waals surface area (Å²) in [4.78, 5) is 11.2. The molecule has 1 heterocycles. The molecule has 0 unspecified atom stereocenters. The van der Waals surface area contributed by atoms with Crippen molar-refractivity contribution in [1.29, 1.82) is 0 Å². The number of tetrazole rings is 1. The van der Waals surface area contributed by atoms with E-state index in [1.807, 2.05) is 0 Å². The molecule has 0 aliphatic heterocycles. The molecule has 5 heteroatoms. The largest absolute Gasteiger partial charge is 0.372 e. The first-order valence-electron chi connectivity index (χ1n) is 3.59. The highest BCUT2D eigenvalue weighted by Gasteiger charge is 1.98. The van der Waals surface area contributed by atoms with Crippen LogP contribution in [0.25, 0.3) is 12.4 Å². The number of allylic oxidation sites excluding steroid dienone is 2. The van der Waals surface area contributed by atoms with Gasteiger partial charge in [-0.15, -0.1) is 0 Å². The van der Waals surface area contributed by atoms with Crippen molar-refractivity contribution in [1.82, 2.24) is 19.8 Å². The van der Waals surface area contributed by atoms with Crippen molar-refractivity contribution >= 4 is 12.4 Å². The van der Waals surface area contributed by atoms with E-state index in [-0.39, 0.29) is 5.69 Å². The monoisotopic (exact) mass is 166 g/mol. The Balaban J connectivity index is 3.13. The van der Waals surface area contributed by atoms with Gasteiger partial charge in [-0.25, -0.2) is 4.79 Å². The summed E-state index contributed by atoms with van der Waals surface area (Å²) < 4.78 is 2.33. The Morgan fingerprint density at radius 3 is 1.83 bits per heavy atom. The third-order valence-corrected chi connectivity index (χ3v) is 1.21. The molecule has 0 spiro atoms. The van der Waals surface area contributed by atoms with Crippen LogP contribution in [0.2, 0.25) is 0 Å². The second-order valence-electron chi connectivity index (χ2n) is 2.12.